The minimum absolute atomic E-state index is 0.0662. The fraction of sp³-hybridized carbons (Fsp3) is 0.889. The minimum atomic E-state index is -0.0662. The van der Waals surface area contributed by atoms with Crippen molar-refractivity contribution in [1.82, 2.24) is 4.90 Å². The molecular weight excluding hydrogens is 154 g/mol. The van der Waals surface area contributed by atoms with E-state index in [1.165, 1.54) is 19.3 Å². The second-order valence-corrected chi connectivity index (χ2v) is 4.30. The molecule has 0 spiro atoms. The van der Waals surface area contributed by atoms with Gasteiger partial charge in [0.1, 0.15) is 6.73 Å². The number of fused-ring (bicyclic) bond motifs is 5. The van der Waals surface area contributed by atoms with Crippen LogP contribution in [0.25, 0.3) is 0 Å². The molecule has 2 aliphatic carbocycles. The molecule has 2 saturated carbocycles. The largest absolute Gasteiger partial charge is 0.376 e. The highest BCUT2D eigenvalue weighted by molar-refractivity contribution is 5.87. The van der Waals surface area contributed by atoms with Gasteiger partial charge in [0, 0.05) is 6.04 Å². The first-order valence-corrected chi connectivity index (χ1v) is 4.74. The molecule has 12 heavy (non-hydrogen) atoms. The Morgan fingerprint density at radius 1 is 1.42 bits per heavy atom. The molecule has 0 aromatic carbocycles. The highest BCUT2D eigenvalue weighted by Gasteiger charge is 2.61. The topological polar surface area (TPSA) is 40.5 Å². The summed E-state index contributed by atoms with van der Waals surface area (Å²) in [5.74, 6) is 1.88. The maximum atomic E-state index is 11.4. The molecule has 2 bridgehead atoms. The van der Waals surface area contributed by atoms with Crippen LogP contribution in [0.1, 0.15) is 19.3 Å². The molecule has 1 aliphatic heterocycles. The summed E-state index contributed by atoms with van der Waals surface area (Å²) in [6, 6.07) is 0.418. The first kappa shape index (κ1) is 6.89. The van der Waals surface area contributed by atoms with Gasteiger partial charge in [-0.25, -0.2) is 0 Å². The standard InChI is InChI=1S/C9H13NO2/c11-4-10-8-6-2-1-5(3-6)7(8)9(10)12/h5-8,11H,1-4H2/t5-,6+,7+,8-/m1/s1. The zero-order chi connectivity index (χ0) is 8.29. The minimum Gasteiger partial charge on any atom is -0.376 e. The number of hydrogen-bond donors (Lipinski definition) is 1. The van der Waals surface area contributed by atoms with E-state index in [4.69, 9.17) is 5.11 Å². The van der Waals surface area contributed by atoms with Crippen molar-refractivity contribution >= 4 is 5.91 Å². The van der Waals surface area contributed by atoms with Crippen molar-refractivity contribution < 1.29 is 9.90 Å². The number of β-lactam (4-membered cyclic amide) rings is 1. The third kappa shape index (κ3) is 0.565. The monoisotopic (exact) mass is 167 g/mol. The van der Waals surface area contributed by atoms with Crippen LogP contribution in [0.4, 0.5) is 0 Å². The summed E-state index contributed by atoms with van der Waals surface area (Å²) in [7, 11) is 0. The molecule has 1 saturated heterocycles. The van der Waals surface area contributed by atoms with E-state index < -0.39 is 0 Å². The summed E-state index contributed by atoms with van der Waals surface area (Å²) < 4.78 is 0. The molecule has 3 rings (SSSR count). The van der Waals surface area contributed by atoms with Gasteiger partial charge < -0.3 is 10.0 Å². The van der Waals surface area contributed by atoms with E-state index >= 15 is 0 Å². The summed E-state index contributed by atoms with van der Waals surface area (Å²) in [6.45, 7) is -0.0662. The highest BCUT2D eigenvalue weighted by atomic mass is 16.3. The average molecular weight is 167 g/mol. The van der Waals surface area contributed by atoms with Crippen LogP contribution in [-0.4, -0.2) is 28.7 Å². The molecule has 66 valence electrons. The molecule has 4 atom stereocenters. The first-order chi connectivity index (χ1) is 5.83. The Kier molecular flexibility index (Phi) is 1.16. The van der Waals surface area contributed by atoms with E-state index in [9.17, 15) is 4.79 Å². The van der Waals surface area contributed by atoms with E-state index in [1.54, 1.807) is 4.90 Å². The molecule has 0 unspecified atom stereocenters. The third-order valence-corrected chi connectivity index (χ3v) is 3.95. The lowest BCUT2D eigenvalue weighted by Gasteiger charge is -2.48. The van der Waals surface area contributed by atoms with Crippen LogP contribution in [0.2, 0.25) is 0 Å². The van der Waals surface area contributed by atoms with Gasteiger partial charge >= 0.3 is 0 Å². The van der Waals surface area contributed by atoms with Crippen molar-refractivity contribution in [2.75, 3.05) is 6.73 Å². The van der Waals surface area contributed by atoms with Crippen molar-refractivity contribution in [2.24, 2.45) is 17.8 Å². The lowest BCUT2D eigenvalue weighted by atomic mass is 9.76. The van der Waals surface area contributed by atoms with Gasteiger partial charge in [0.2, 0.25) is 5.91 Å². The van der Waals surface area contributed by atoms with E-state index in [0.717, 1.165) is 0 Å². The molecule has 3 heteroatoms. The van der Waals surface area contributed by atoms with Gasteiger partial charge in [0.25, 0.3) is 0 Å². The molecule has 0 aromatic rings. The number of likely N-dealkylation sites (tertiary alicyclic amines) is 1. The zero-order valence-electron chi connectivity index (χ0n) is 6.94. The van der Waals surface area contributed by atoms with Crippen molar-refractivity contribution in [3.8, 4) is 0 Å². The second-order valence-electron chi connectivity index (χ2n) is 4.30. The summed E-state index contributed by atoms with van der Waals surface area (Å²) in [6.07, 6.45) is 3.75. The van der Waals surface area contributed by atoms with Gasteiger partial charge in [-0.1, -0.05) is 0 Å². The normalized spacial score (nSPS) is 49.4. The van der Waals surface area contributed by atoms with Gasteiger partial charge in [0.05, 0.1) is 5.92 Å². The number of amides is 1. The van der Waals surface area contributed by atoms with Gasteiger partial charge in [-0.05, 0) is 31.1 Å². The Morgan fingerprint density at radius 2 is 2.17 bits per heavy atom. The lowest BCUT2D eigenvalue weighted by molar-refractivity contribution is -0.168. The molecule has 3 fully saturated rings. The third-order valence-electron chi connectivity index (χ3n) is 3.95. The van der Waals surface area contributed by atoms with Gasteiger partial charge in [-0.2, -0.15) is 0 Å². The molecule has 0 aromatic heterocycles. The Hall–Kier alpha value is -0.570. The van der Waals surface area contributed by atoms with Crippen molar-refractivity contribution in [2.45, 2.75) is 25.3 Å². The molecular formula is C9H13NO2. The SMILES string of the molecule is O=C1[C@H]2[C@@H]3CC[C@@H](C3)[C@H]2N1CO. The second kappa shape index (κ2) is 2.02. The Balaban J connectivity index is 1.88. The first-order valence-electron chi connectivity index (χ1n) is 4.74. The summed E-state index contributed by atoms with van der Waals surface area (Å²) in [5, 5.41) is 8.94. The number of rotatable bonds is 1. The van der Waals surface area contributed by atoms with Crippen LogP contribution in [0.3, 0.4) is 0 Å². The molecule has 1 heterocycles. The Morgan fingerprint density at radius 3 is 2.92 bits per heavy atom. The lowest BCUT2D eigenvalue weighted by Crippen LogP contribution is -2.63. The smallest absolute Gasteiger partial charge is 0.230 e. The van der Waals surface area contributed by atoms with Crippen LogP contribution < -0.4 is 0 Å². The predicted octanol–water partition coefficient (Wildman–Crippen LogP) is 0.193. The fourth-order valence-electron chi connectivity index (χ4n) is 3.48. The van der Waals surface area contributed by atoms with Crippen molar-refractivity contribution in [1.29, 1.82) is 0 Å². The molecule has 3 nitrogen and oxygen atoms in total. The predicted molar refractivity (Wildman–Crippen MR) is 42.0 cm³/mol. The van der Waals surface area contributed by atoms with Gasteiger partial charge in [-0.3, -0.25) is 4.79 Å². The van der Waals surface area contributed by atoms with Crippen LogP contribution in [0.15, 0.2) is 0 Å². The van der Waals surface area contributed by atoms with Gasteiger partial charge in [0.15, 0.2) is 0 Å². The number of aliphatic hydroxyl groups excluding tert-OH is 1. The maximum absolute atomic E-state index is 11.4. The van der Waals surface area contributed by atoms with Gasteiger partial charge in [-0.15, -0.1) is 0 Å². The number of carbonyl (C=O) groups is 1. The molecule has 3 aliphatic rings. The van der Waals surface area contributed by atoms with Crippen LogP contribution in [0.5, 0.6) is 0 Å². The van der Waals surface area contributed by atoms with E-state index in [1.807, 2.05) is 0 Å². The van der Waals surface area contributed by atoms with Crippen LogP contribution in [-0.2, 0) is 4.79 Å². The summed E-state index contributed by atoms with van der Waals surface area (Å²) in [4.78, 5) is 13.1. The number of carbonyl (C=O) groups excluding carboxylic acids is 1. The van der Waals surface area contributed by atoms with Crippen molar-refractivity contribution in [3.05, 3.63) is 0 Å². The molecule has 1 N–H and O–H groups in total. The number of nitrogens with zero attached hydrogens (tertiary/aromatic N) is 1. The Labute approximate surface area is 71.4 Å². The quantitative estimate of drug-likeness (QED) is 0.566. The van der Waals surface area contributed by atoms with E-state index in [2.05, 4.69) is 0 Å². The average Bonchev–Trinajstić information content (AvgIpc) is 2.60. The molecule has 0 radical (unpaired) electrons. The van der Waals surface area contributed by atoms with Crippen molar-refractivity contribution in [3.63, 3.8) is 0 Å². The van der Waals surface area contributed by atoms with Crippen LogP contribution >= 0.6 is 0 Å². The highest BCUT2D eigenvalue weighted by Crippen LogP contribution is 2.55. The fourth-order valence-corrected chi connectivity index (χ4v) is 3.48. The van der Waals surface area contributed by atoms with E-state index in [0.29, 0.717) is 23.8 Å². The summed E-state index contributed by atoms with van der Waals surface area (Å²) >= 11 is 0. The molecule has 1 amide bonds. The summed E-state index contributed by atoms with van der Waals surface area (Å²) in [5.41, 5.74) is 0. The van der Waals surface area contributed by atoms with Crippen LogP contribution in [0, 0.1) is 17.8 Å². The maximum Gasteiger partial charge on any atom is 0.230 e. The zero-order valence-corrected chi connectivity index (χ0v) is 6.94. The number of hydrogen-bond acceptors (Lipinski definition) is 2. The Bertz CT molecular complexity index is 241. The van der Waals surface area contributed by atoms with E-state index in [-0.39, 0.29) is 12.6 Å². The number of aliphatic hydroxyl groups is 1.